The molecule has 1 atom stereocenters. The van der Waals surface area contributed by atoms with E-state index in [0.29, 0.717) is 0 Å². The number of urea groups is 1. The lowest BCUT2D eigenvalue weighted by atomic mass is 9.88. The summed E-state index contributed by atoms with van der Waals surface area (Å²) >= 11 is 0. The molecule has 0 saturated carbocycles. The van der Waals surface area contributed by atoms with Gasteiger partial charge in [0.1, 0.15) is 0 Å². The Hall–Kier alpha value is -2.88. The van der Waals surface area contributed by atoms with Crippen molar-refractivity contribution in [2.75, 3.05) is 5.32 Å². The predicted molar refractivity (Wildman–Crippen MR) is 96.2 cm³/mol. The van der Waals surface area contributed by atoms with Crippen LogP contribution in [0.2, 0.25) is 0 Å². The Balaban J connectivity index is 1.46. The third-order valence-corrected chi connectivity index (χ3v) is 4.61. The van der Waals surface area contributed by atoms with Gasteiger partial charge in [-0.15, -0.1) is 0 Å². The van der Waals surface area contributed by atoms with E-state index in [1.54, 1.807) is 12.4 Å². The average Bonchev–Trinajstić information content (AvgIpc) is 2.62. The number of aromatic nitrogens is 1. The van der Waals surface area contributed by atoms with E-state index in [1.165, 1.54) is 11.1 Å². The van der Waals surface area contributed by atoms with Crippen LogP contribution in [0.25, 0.3) is 10.8 Å². The average molecular weight is 317 g/mol. The summed E-state index contributed by atoms with van der Waals surface area (Å²) in [7, 11) is 0. The van der Waals surface area contributed by atoms with Gasteiger partial charge in [0, 0.05) is 29.2 Å². The Bertz CT molecular complexity index is 885. The van der Waals surface area contributed by atoms with Gasteiger partial charge in [-0.1, -0.05) is 36.4 Å². The normalized spacial score (nSPS) is 16.4. The zero-order valence-corrected chi connectivity index (χ0v) is 13.3. The van der Waals surface area contributed by atoms with Crippen LogP contribution >= 0.6 is 0 Å². The molecule has 2 amide bonds. The first-order chi connectivity index (χ1) is 11.8. The minimum absolute atomic E-state index is 0.149. The van der Waals surface area contributed by atoms with Crippen molar-refractivity contribution >= 4 is 22.5 Å². The summed E-state index contributed by atoms with van der Waals surface area (Å²) in [6.45, 7) is 0. The van der Waals surface area contributed by atoms with Crippen LogP contribution in [0.15, 0.2) is 60.9 Å². The van der Waals surface area contributed by atoms with Crippen LogP contribution in [-0.4, -0.2) is 17.1 Å². The second-order valence-electron chi connectivity index (χ2n) is 6.21. The number of fused-ring (bicyclic) bond motifs is 2. The van der Waals surface area contributed by atoms with Crippen LogP contribution in [0.4, 0.5) is 10.5 Å². The molecule has 120 valence electrons. The maximum atomic E-state index is 12.4. The molecule has 0 fully saturated rings. The van der Waals surface area contributed by atoms with Gasteiger partial charge in [-0.25, -0.2) is 4.79 Å². The molecule has 0 spiro atoms. The van der Waals surface area contributed by atoms with Crippen LogP contribution < -0.4 is 10.6 Å². The fourth-order valence-electron chi connectivity index (χ4n) is 3.40. The molecule has 4 rings (SSSR count). The van der Waals surface area contributed by atoms with Crippen molar-refractivity contribution in [3.8, 4) is 0 Å². The van der Waals surface area contributed by atoms with E-state index in [0.717, 1.165) is 35.7 Å². The molecule has 2 N–H and O–H groups in total. The number of nitrogens with zero attached hydrogens (tertiary/aromatic N) is 1. The van der Waals surface area contributed by atoms with Crippen molar-refractivity contribution in [1.82, 2.24) is 10.3 Å². The molecule has 4 heteroatoms. The Labute approximate surface area is 140 Å². The van der Waals surface area contributed by atoms with Crippen LogP contribution in [0.3, 0.4) is 0 Å². The van der Waals surface area contributed by atoms with Gasteiger partial charge in [0.25, 0.3) is 0 Å². The van der Waals surface area contributed by atoms with E-state index in [4.69, 9.17) is 0 Å². The first-order valence-corrected chi connectivity index (χ1v) is 8.26. The Morgan fingerprint density at radius 2 is 1.92 bits per heavy atom. The van der Waals surface area contributed by atoms with Crippen molar-refractivity contribution in [1.29, 1.82) is 0 Å². The molecule has 1 heterocycles. The number of anilines is 1. The van der Waals surface area contributed by atoms with E-state index in [9.17, 15) is 4.79 Å². The number of nitrogens with one attached hydrogen (secondary N) is 2. The fraction of sp³-hybridized carbons (Fsp3) is 0.200. The van der Waals surface area contributed by atoms with E-state index in [1.807, 2.05) is 24.3 Å². The first kappa shape index (κ1) is 14.7. The van der Waals surface area contributed by atoms with E-state index >= 15 is 0 Å². The maximum absolute atomic E-state index is 12.4. The number of rotatable bonds is 2. The largest absolute Gasteiger partial charge is 0.335 e. The topological polar surface area (TPSA) is 54.0 Å². The zero-order valence-electron chi connectivity index (χ0n) is 13.3. The SMILES string of the molecule is O=C(Nc1cccc2cnccc12)NC1CCc2ccccc2C1. The van der Waals surface area contributed by atoms with Crippen LogP contribution in [-0.2, 0) is 12.8 Å². The molecule has 1 aliphatic rings. The summed E-state index contributed by atoms with van der Waals surface area (Å²) in [6.07, 6.45) is 6.42. The summed E-state index contributed by atoms with van der Waals surface area (Å²) in [5, 5.41) is 8.10. The van der Waals surface area contributed by atoms with Gasteiger partial charge < -0.3 is 10.6 Å². The van der Waals surface area contributed by atoms with Crippen LogP contribution in [0.1, 0.15) is 17.5 Å². The molecule has 2 aromatic carbocycles. The molecule has 1 aromatic heterocycles. The molecule has 1 unspecified atom stereocenters. The van der Waals surface area contributed by atoms with Gasteiger partial charge in [-0.2, -0.15) is 0 Å². The van der Waals surface area contributed by atoms with E-state index < -0.39 is 0 Å². The van der Waals surface area contributed by atoms with Gasteiger partial charge in [-0.3, -0.25) is 4.98 Å². The molecular formula is C20H19N3O. The number of hydrogen-bond acceptors (Lipinski definition) is 2. The molecule has 0 radical (unpaired) electrons. The van der Waals surface area contributed by atoms with E-state index in [2.05, 4.69) is 39.9 Å². The maximum Gasteiger partial charge on any atom is 0.319 e. The Kier molecular flexibility index (Phi) is 3.87. The van der Waals surface area contributed by atoms with Gasteiger partial charge >= 0.3 is 6.03 Å². The first-order valence-electron chi connectivity index (χ1n) is 8.26. The lowest BCUT2D eigenvalue weighted by Crippen LogP contribution is -2.41. The van der Waals surface area contributed by atoms with Crippen molar-refractivity contribution in [2.45, 2.75) is 25.3 Å². The van der Waals surface area contributed by atoms with Gasteiger partial charge in [0.2, 0.25) is 0 Å². The van der Waals surface area contributed by atoms with Crippen molar-refractivity contribution in [2.24, 2.45) is 0 Å². The lowest BCUT2D eigenvalue weighted by molar-refractivity contribution is 0.247. The number of aryl methyl sites for hydroxylation is 1. The highest BCUT2D eigenvalue weighted by atomic mass is 16.2. The number of hydrogen-bond donors (Lipinski definition) is 2. The molecule has 3 aromatic rings. The van der Waals surface area contributed by atoms with Crippen molar-refractivity contribution in [3.63, 3.8) is 0 Å². The number of carbonyl (C=O) groups is 1. The standard InChI is InChI=1S/C20H19N3O/c24-20(22-17-9-8-14-4-1-2-5-15(14)12-17)23-19-7-3-6-16-13-21-11-10-18(16)19/h1-7,10-11,13,17H,8-9,12H2,(H2,22,23,24). The Morgan fingerprint density at radius 1 is 1.04 bits per heavy atom. The minimum Gasteiger partial charge on any atom is -0.335 e. The molecule has 0 bridgehead atoms. The number of benzene rings is 2. The van der Waals surface area contributed by atoms with Crippen LogP contribution in [0.5, 0.6) is 0 Å². The van der Waals surface area contributed by atoms with Crippen molar-refractivity contribution < 1.29 is 4.79 Å². The summed E-state index contributed by atoms with van der Waals surface area (Å²) in [6, 6.07) is 16.2. The highest BCUT2D eigenvalue weighted by molar-refractivity contribution is 6.01. The quantitative estimate of drug-likeness (QED) is 0.753. The van der Waals surface area contributed by atoms with Gasteiger partial charge in [0.05, 0.1) is 5.69 Å². The Morgan fingerprint density at radius 3 is 2.83 bits per heavy atom. The summed E-state index contributed by atoms with van der Waals surface area (Å²) in [4.78, 5) is 16.5. The minimum atomic E-state index is -0.149. The summed E-state index contributed by atoms with van der Waals surface area (Å²) in [5.41, 5.74) is 3.55. The van der Waals surface area contributed by atoms with Gasteiger partial charge in [-0.05, 0) is 42.5 Å². The summed E-state index contributed by atoms with van der Waals surface area (Å²) < 4.78 is 0. The smallest absolute Gasteiger partial charge is 0.319 e. The summed E-state index contributed by atoms with van der Waals surface area (Å²) in [5.74, 6) is 0. The highest BCUT2D eigenvalue weighted by Gasteiger charge is 2.20. The monoisotopic (exact) mass is 317 g/mol. The third-order valence-electron chi connectivity index (χ3n) is 4.61. The number of amides is 2. The zero-order chi connectivity index (χ0) is 16.4. The second kappa shape index (κ2) is 6.32. The predicted octanol–water partition coefficient (Wildman–Crippen LogP) is 3.91. The van der Waals surface area contributed by atoms with Crippen molar-refractivity contribution in [3.05, 3.63) is 72.1 Å². The van der Waals surface area contributed by atoms with Crippen LogP contribution in [0, 0.1) is 0 Å². The molecular weight excluding hydrogens is 298 g/mol. The lowest BCUT2D eigenvalue weighted by Gasteiger charge is -2.25. The van der Waals surface area contributed by atoms with E-state index in [-0.39, 0.29) is 12.1 Å². The molecule has 24 heavy (non-hydrogen) atoms. The molecule has 1 aliphatic carbocycles. The van der Waals surface area contributed by atoms with Gasteiger partial charge in [0.15, 0.2) is 0 Å². The third kappa shape index (κ3) is 2.95. The molecule has 0 saturated heterocycles. The number of pyridine rings is 1. The number of carbonyl (C=O) groups excluding carboxylic acids is 1. The highest BCUT2D eigenvalue weighted by Crippen LogP contribution is 2.23. The second-order valence-corrected chi connectivity index (χ2v) is 6.21. The molecule has 4 nitrogen and oxygen atoms in total. The fourth-order valence-corrected chi connectivity index (χ4v) is 3.40. The molecule has 0 aliphatic heterocycles.